The predicted molar refractivity (Wildman–Crippen MR) is 86.4 cm³/mol. The molecule has 0 aliphatic carbocycles. The average Bonchev–Trinajstić information content (AvgIpc) is 2.39. The molecular weight excluding hydrogens is 334 g/mol. The normalized spacial score (nSPS) is 11.4. The minimum absolute atomic E-state index is 0.210. The van der Waals surface area contributed by atoms with Gasteiger partial charge in [-0.15, -0.1) is 0 Å². The molecule has 0 heterocycles. The largest absolute Gasteiger partial charge is 0.507 e. The SMILES string of the molecule is CC(C)(C)OC(=O)NCc1ccc2c(Br)c(O)ccc2c1. The van der Waals surface area contributed by atoms with Crippen molar-refractivity contribution in [2.75, 3.05) is 0 Å². The number of aromatic hydroxyl groups is 1. The van der Waals surface area contributed by atoms with Gasteiger partial charge < -0.3 is 15.2 Å². The molecule has 0 bridgehead atoms. The number of carbonyl (C=O) groups is 1. The molecule has 0 aliphatic heterocycles. The molecule has 112 valence electrons. The quantitative estimate of drug-likeness (QED) is 0.846. The molecule has 21 heavy (non-hydrogen) atoms. The Morgan fingerprint density at radius 1 is 1.29 bits per heavy atom. The van der Waals surface area contributed by atoms with Crippen LogP contribution in [0.2, 0.25) is 0 Å². The lowest BCUT2D eigenvalue weighted by Crippen LogP contribution is -2.32. The number of halogens is 1. The first-order chi connectivity index (χ1) is 9.76. The summed E-state index contributed by atoms with van der Waals surface area (Å²) in [6, 6.07) is 9.26. The Kier molecular flexibility index (Phi) is 4.42. The van der Waals surface area contributed by atoms with Gasteiger partial charge in [0.15, 0.2) is 0 Å². The van der Waals surface area contributed by atoms with Gasteiger partial charge in [-0.1, -0.05) is 18.2 Å². The number of phenolic OH excluding ortho intramolecular Hbond substituents is 1. The number of alkyl carbamates (subject to hydrolysis) is 1. The summed E-state index contributed by atoms with van der Waals surface area (Å²) in [7, 11) is 0. The van der Waals surface area contributed by atoms with Crippen LogP contribution >= 0.6 is 15.9 Å². The van der Waals surface area contributed by atoms with E-state index in [4.69, 9.17) is 4.74 Å². The topological polar surface area (TPSA) is 58.6 Å². The molecule has 0 saturated heterocycles. The lowest BCUT2D eigenvalue weighted by molar-refractivity contribution is 0.0523. The van der Waals surface area contributed by atoms with Crippen molar-refractivity contribution >= 4 is 32.8 Å². The van der Waals surface area contributed by atoms with E-state index in [1.54, 1.807) is 6.07 Å². The summed E-state index contributed by atoms with van der Waals surface area (Å²) in [6.07, 6.45) is -0.436. The van der Waals surface area contributed by atoms with Crippen LogP contribution in [0.1, 0.15) is 26.3 Å². The highest BCUT2D eigenvalue weighted by atomic mass is 79.9. The highest BCUT2D eigenvalue weighted by Gasteiger charge is 2.15. The highest BCUT2D eigenvalue weighted by molar-refractivity contribution is 9.10. The number of carbonyl (C=O) groups excluding carboxylic acids is 1. The maximum atomic E-state index is 11.6. The van der Waals surface area contributed by atoms with E-state index in [1.807, 2.05) is 45.0 Å². The summed E-state index contributed by atoms with van der Waals surface area (Å²) in [5.74, 6) is 0.210. The van der Waals surface area contributed by atoms with E-state index in [9.17, 15) is 9.90 Å². The van der Waals surface area contributed by atoms with Crippen molar-refractivity contribution < 1.29 is 14.6 Å². The minimum atomic E-state index is -0.504. The number of nitrogens with one attached hydrogen (secondary N) is 1. The van der Waals surface area contributed by atoms with E-state index in [1.165, 1.54) is 0 Å². The van der Waals surface area contributed by atoms with Crippen LogP contribution in [0.3, 0.4) is 0 Å². The summed E-state index contributed by atoms with van der Waals surface area (Å²) in [5.41, 5.74) is 0.460. The second-order valence-corrected chi connectivity index (χ2v) is 6.60. The van der Waals surface area contributed by atoms with Gasteiger partial charge in [0.25, 0.3) is 0 Å². The van der Waals surface area contributed by atoms with E-state index in [0.717, 1.165) is 16.3 Å². The summed E-state index contributed by atoms with van der Waals surface area (Å²) < 4.78 is 5.86. The third-order valence-corrected chi connectivity index (χ3v) is 3.67. The molecule has 0 unspecified atom stereocenters. The molecule has 0 radical (unpaired) electrons. The number of phenols is 1. The van der Waals surface area contributed by atoms with Crippen LogP contribution < -0.4 is 5.32 Å². The summed E-state index contributed by atoms with van der Waals surface area (Å²) in [5, 5.41) is 14.3. The molecular formula is C16H18BrNO3. The fraction of sp³-hybridized carbons (Fsp3) is 0.312. The van der Waals surface area contributed by atoms with Crippen LogP contribution in [0.5, 0.6) is 5.75 Å². The van der Waals surface area contributed by atoms with Gasteiger partial charge in [0.05, 0.1) is 4.47 Å². The molecule has 0 atom stereocenters. The van der Waals surface area contributed by atoms with Crippen molar-refractivity contribution in [1.82, 2.24) is 5.32 Å². The summed E-state index contributed by atoms with van der Waals surface area (Å²) >= 11 is 3.36. The molecule has 5 heteroatoms. The van der Waals surface area contributed by atoms with Crippen molar-refractivity contribution in [2.24, 2.45) is 0 Å². The Balaban J connectivity index is 2.10. The zero-order chi connectivity index (χ0) is 15.6. The Hall–Kier alpha value is -1.75. The lowest BCUT2D eigenvalue weighted by atomic mass is 10.1. The van der Waals surface area contributed by atoms with Crippen LogP contribution in [0.25, 0.3) is 10.8 Å². The number of benzene rings is 2. The zero-order valence-electron chi connectivity index (χ0n) is 12.2. The van der Waals surface area contributed by atoms with E-state index >= 15 is 0 Å². The van der Waals surface area contributed by atoms with Crippen molar-refractivity contribution in [1.29, 1.82) is 0 Å². The van der Waals surface area contributed by atoms with Crippen molar-refractivity contribution in [3.8, 4) is 5.75 Å². The van der Waals surface area contributed by atoms with Gasteiger partial charge in [-0.2, -0.15) is 0 Å². The molecule has 2 N–H and O–H groups in total. The number of fused-ring (bicyclic) bond motifs is 1. The Morgan fingerprint density at radius 2 is 2.00 bits per heavy atom. The molecule has 2 aromatic rings. The summed E-state index contributed by atoms with van der Waals surface area (Å²) in [6.45, 7) is 5.87. The van der Waals surface area contributed by atoms with Crippen molar-refractivity contribution in [3.63, 3.8) is 0 Å². The Morgan fingerprint density at radius 3 is 2.67 bits per heavy atom. The standard InChI is InChI=1S/C16H18BrNO3/c1-16(2,3)21-15(20)18-9-10-4-6-12-11(8-10)5-7-13(19)14(12)17/h4-8,19H,9H2,1-3H3,(H,18,20). The van der Waals surface area contributed by atoms with Gasteiger partial charge in [0.1, 0.15) is 11.4 Å². The first kappa shape index (κ1) is 15.6. The van der Waals surface area contributed by atoms with Crippen LogP contribution in [0.4, 0.5) is 4.79 Å². The first-order valence-corrected chi connectivity index (χ1v) is 7.42. The van der Waals surface area contributed by atoms with Gasteiger partial charge in [-0.25, -0.2) is 4.79 Å². The number of hydrogen-bond donors (Lipinski definition) is 2. The van der Waals surface area contributed by atoms with Crippen molar-refractivity contribution in [2.45, 2.75) is 32.9 Å². The van der Waals surface area contributed by atoms with Crippen molar-refractivity contribution in [3.05, 3.63) is 40.4 Å². The maximum absolute atomic E-state index is 11.6. The average molecular weight is 352 g/mol. The monoisotopic (exact) mass is 351 g/mol. The second kappa shape index (κ2) is 5.93. The van der Waals surface area contributed by atoms with Gasteiger partial charge in [0, 0.05) is 6.54 Å². The van der Waals surface area contributed by atoms with Crippen LogP contribution in [0, 0.1) is 0 Å². The molecule has 2 rings (SSSR count). The van der Waals surface area contributed by atoms with Crippen LogP contribution in [-0.4, -0.2) is 16.8 Å². The molecule has 2 aromatic carbocycles. The second-order valence-electron chi connectivity index (χ2n) is 5.81. The Bertz CT molecular complexity index is 677. The van der Waals surface area contributed by atoms with Gasteiger partial charge in [-0.05, 0) is 65.2 Å². The minimum Gasteiger partial charge on any atom is -0.507 e. The van der Waals surface area contributed by atoms with Crippen LogP contribution in [-0.2, 0) is 11.3 Å². The third-order valence-electron chi connectivity index (χ3n) is 2.83. The first-order valence-electron chi connectivity index (χ1n) is 6.63. The molecule has 0 spiro atoms. The number of rotatable bonds is 2. The molecule has 0 aliphatic rings. The van der Waals surface area contributed by atoms with Crippen LogP contribution in [0.15, 0.2) is 34.8 Å². The highest BCUT2D eigenvalue weighted by Crippen LogP contribution is 2.32. The molecule has 0 aromatic heterocycles. The van der Waals surface area contributed by atoms with Gasteiger partial charge in [0.2, 0.25) is 0 Å². The maximum Gasteiger partial charge on any atom is 0.407 e. The summed E-state index contributed by atoms with van der Waals surface area (Å²) in [4.78, 5) is 11.6. The van der Waals surface area contributed by atoms with E-state index in [2.05, 4.69) is 21.2 Å². The zero-order valence-corrected chi connectivity index (χ0v) is 13.8. The van der Waals surface area contributed by atoms with E-state index in [0.29, 0.717) is 11.0 Å². The molecule has 0 fully saturated rings. The molecule has 1 amide bonds. The molecule has 0 saturated carbocycles. The number of ether oxygens (including phenoxy) is 1. The predicted octanol–water partition coefficient (Wildman–Crippen LogP) is 4.33. The lowest BCUT2D eigenvalue weighted by Gasteiger charge is -2.19. The number of amides is 1. The van der Waals surface area contributed by atoms with E-state index < -0.39 is 11.7 Å². The molecule has 4 nitrogen and oxygen atoms in total. The van der Waals surface area contributed by atoms with E-state index in [-0.39, 0.29) is 5.75 Å². The Labute approximate surface area is 132 Å². The third kappa shape index (κ3) is 4.11. The fourth-order valence-corrected chi connectivity index (χ4v) is 2.42. The van der Waals surface area contributed by atoms with Gasteiger partial charge >= 0.3 is 6.09 Å². The smallest absolute Gasteiger partial charge is 0.407 e. The fourth-order valence-electron chi connectivity index (χ4n) is 1.93. The number of hydrogen-bond acceptors (Lipinski definition) is 3. The van der Waals surface area contributed by atoms with Gasteiger partial charge in [-0.3, -0.25) is 0 Å².